The monoisotopic (exact) mass is 233 g/mol. The van der Waals surface area contributed by atoms with Crippen LogP contribution in [0.25, 0.3) is 0 Å². The van der Waals surface area contributed by atoms with Gasteiger partial charge in [0.1, 0.15) is 24.0 Å². The third kappa shape index (κ3) is 5.16. The Morgan fingerprint density at radius 2 is 1.82 bits per heavy atom. The van der Waals surface area contributed by atoms with Crippen molar-refractivity contribution in [3.05, 3.63) is 11.9 Å². The molecule has 0 aliphatic heterocycles. The maximum atomic E-state index is 8.50. The van der Waals surface area contributed by atoms with E-state index in [0.29, 0.717) is 11.6 Å². The minimum atomic E-state index is 0.194. The Morgan fingerprint density at radius 3 is 2.35 bits per heavy atom. The molecule has 0 aliphatic rings. The first-order valence-corrected chi connectivity index (χ1v) is 5.61. The van der Waals surface area contributed by atoms with Crippen LogP contribution in [0.2, 0.25) is 0 Å². The van der Waals surface area contributed by atoms with Gasteiger partial charge in [0.05, 0.1) is 6.07 Å². The summed E-state index contributed by atoms with van der Waals surface area (Å²) in [5.74, 6) is 2.15. The highest BCUT2D eigenvalue weighted by Gasteiger charge is 2.10. The first kappa shape index (κ1) is 13.2. The number of hydrogen-bond acceptors (Lipinski definition) is 5. The van der Waals surface area contributed by atoms with Crippen LogP contribution in [0.1, 0.15) is 26.6 Å². The molecule has 5 heteroatoms. The summed E-state index contributed by atoms with van der Waals surface area (Å²) in [6, 6.07) is 3.83. The lowest BCUT2D eigenvalue weighted by Crippen LogP contribution is -2.20. The van der Waals surface area contributed by atoms with Gasteiger partial charge < -0.3 is 10.6 Å². The molecule has 0 amide bonds. The van der Waals surface area contributed by atoms with Gasteiger partial charge in [-0.15, -0.1) is 0 Å². The summed E-state index contributed by atoms with van der Waals surface area (Å²) in [6.45, 7) is 9.38. The van der Waals surface area contributed by atoms with E-state index in [1.807, 2.05) is 19.1 Å². The zero-order valence-electron chi connectivity index (χ0n) is 10.8. The van der Waals surface area contributed by atoms with E-state index in [2.05, 4.69) is 41.4 Å². The summed E-state index contributed by atoms with van der Waals surface area (Å²) in [5, 5.41) is 14.7. The lowest BCUT2D eigenvalue weighted by molar-refractivity contribution is 0.442. The summed E-state index contributed by atoms with van der Waals surface area (Å²) < 4.78 is 0. The van der Waals surface area contributed by atoms with Crippen LogP contribution in [0.15, 0.2) is 6.07 Å². The van der Waals surface area contributed by atoms with Gasteiger partial charge >= 0.3 is 0 Å². The number of aromatic nitrogens is 2. The van der Waals surface area contributed by atoms with Crippen molar-refractivity contribution in [2.45, 2.75) is 27.7 Å². The first-order chi connectivity index (χ1) is 7.90. The van der Waals surface area contributed by atoms with Crippen molar-refractivity contribution < 1.29 is 0 Å². The van der Waals surface area contributed by atoms with Crippen LogP contribution in [0.3, 0.4) is 0 Å². The average Bonchev–Trinajstić information content (AvgIpc) is 2.22. The van der Waals surface area contributed by atoms with E-state index < -0.39 is 0 Å². The molecule has 1 rings (SSSR count). The minimum absolute atomic E-state index is 0.194. The van der Waals surface area contributed by atoms with Gasteiger partial charge in [0, 0.05) is 12.6 Å². The molecule has 2 N–H and O–H groups in total. The van der Waals surface area contributed by atoms with E-state index >= 15 is 0 Å². The Balaban J connectivity index is 2.72. The molecule has 17 heavy (non-hydrogen) atoms. The molecule has 0 saturated heterocycles. The molecule has 0 radical (unpaired) electrons. The molecular weight excluding hydrogens is 214 g/mol. The number of aryl methyl sites for hydroxylation is 1. The molecule has 0 aromatic carbocycles. The van der Waals surface area contributed by atoms with Crippen LogP contribution in [-0.2, 0) is 0 Å². The fourth-order valence-corrected chi connectivity index (χ4v) is 1.23. The highest BCUT2D eigenvalue weighted by molar-refractivity contribution is 5.48. The Labute approximate surface area is 102 Å². The standard InChI is InChI=1S/C12H19N5/c1-9-16-10(14-6-5-13)7-11(17-9)15-8-12(2,3)4/h7H,6,8H2,1-4H3,(H2,14,15,16,17). The zero-order chi connectivity index (χ0) is 12.9. The van der Waals surface area contributed by atoms with Crippen LogP contribution in [0, 0.1) is 23.7 Å². The van der Waals surface area contributed by atoms with E-state index in [1.54, 1.807) is 0 Å². The van der Waals surface area contributed by atoms with E-state index in [1.165, 1.54) is 0 Å². The number of rotatable bonds is 4. The largest absolute Gasteiger partial charge is 0.369 e. The summed E-state index contributed by atoms with van der Waals surface area (Å²) in [4.78, 5) is 8.50. The number of nitrogens with zero attached hydrogens (tertiary/aromatic N) is 3. The normalized spacial score (nSPS) is 10.8. The van der Waals surface area contributed by atoms with Crippen LogP contribution in [0.5, 0.6) is 0 Å². The zero-order valence-corrected chi connectivity index (χ0v) is 10.8. The topological polar surface area (TPSA) is 73.6 Å². The van der Waals surface area contributed by atoms with E-state index in [-0.39, 0.29) is 12.0 Å². The molecule has 0 fully saturated rings. The van der Waals surface area contributed by atoms with E-state index in [9.17, 15) is 0 Å². The molecule has 0 spiro atoms. The molecule has 1 heterocycles. The predicted octanol–water partition coefficient (Wildman–Crippen LogP) is 2.18. The summed E-state index contributed by atoms with van der Waals surface area (Å²) >= 11 is 0. The second-order valence-electron chi connectivity index (χ2n) is 5.11. The van der Waals surface area contributed by atoms with Gasteiger partial charge in [-0.25, -0.2) is 9.97 Å². The molecule has 1 aromatic heterocycles. The Bertz CT molecular complexity index is 414. The molecular formula is C12H19N5. The van der Waals surface area contributed by atoms with Gasteiger partial charge in [-0.05, 0) is 12.3 Å². The second-order valence-corrected chi connectivity index (χ2v) is 5.11. The van der Waals surface area contributed by atoms with Gasteiger partial charge in [0.15, 0.2) is 0 Å². The molecule has 92 valence electrons. The van der Waals surface area contributed by atoms with Crippen molar-refractivity contribution in [2.24, 2.45) is 5.41 Å². The fraction of sp³-hybridized carbons (Fsp3) is 0.583. The van der Waals surface area contributed by atoms with Gasteiger partial charge in [-0.3, -0.25) is 0 Å². The summed E-state index contributed by atoms with van der Waals surface area (Å²) in [7, 11) is 0. The van der Waals surface area contributed by atoms with Crippen molar-refractivity contribution in [1.82, 2.24) is 9.97 Å². The second kappa shape index (κ2) is 5.48. The number of nitriles is 1. The van der Waals surface area contributed by atoms with E-state index in [0.717, 1.165) is 12.4 Å². The van der Waals surface area contributed by atoms with Crippen molar-refractivity contribution in [3.63, 3.8) is 0 Å². The molecule has 0 saturated carbocycles. The van der Waals surface area contributed by atoms with Gasteiger partial charge in [-0.1, -0.05) is 20.8 Å². The quantitative estimate of drug-likeness (QED) is 0.780. The van der Waals surface area contributed by atoms with Crippen LogP contribution >= 0.6 is 0 Å². The number of nitrogens with one attached hydrogen (secondary N) is 2. The Kier molecular flexibility index (Phi) is 4.27. The van der Waals surface area contributed by atoms with Crippen molar-refractivity contribution in [3.8, 4) is 6.07 Å². The summed E-state index contributed by atoms with van der Waals surface area (Å²) in [6.07, 6.45) is 0. The molecule has 0 bridgehead atoms. The third-order valence-corrected chi connectivity index (χ3v) is 1.99. The first-order valence-electron chi connectivity index (χ1n) is 5.61. The highest BCUT2D eigenvalue weighted by Crippen LogP contribution is 2.16. The predicted molar refractivity (Wildman–Crippen MR) is 68.8 cm³/mol. The molecule has 0 atom stereocenters. The smallest absolute Gasteiger partial charge is 0.132 e. The van der Waals surface area contributed by atoms with Gasteiger partial charge in [0.2, 0.25) is 0 Å². The maximum Gasteiger partial charge on any atom is 0.132 e. The van der Waals surface area contributed by atoms with Crippen molar-refractivity contribution in [2.75, 3.05) is 23.7 Å². The highest BCUT2D eigenvalue weighted by atomic mass is 15.1. The van der Waals surface area contributed by atoms with Crippen molar-refractivity contribution >= 4 is 11.6 Å². The minimum Gasteiger partial charge on any atom is -0.369 e. The lowest BCUT2D eigenvalue weighted by atomic mass is 9.97. The van der Waals surface area contributed by atoms with Crippen molar-refractivity contribution in [1.29, 1.82) is 5.26 Å². The van der Waals surface area contributed by atoms with Crippen LogP contribution in [-0.4, -0.2) is 23.1 Å². The van der Waals surface area contributed by atoms with Crippen LogP contribution in [0.4, 0.5) is 11.6 Å². The fourth-order valence-electron chi connectivity index (χ4n) is 1.23. The number of hydrogen-bond donors (Lipinski definition) is 2. The Morgan fingerprint density at radius 1 is 1.24 bits per heavy atom. The molecule has 0 unspecified atom stereocenters. The molecule has 1 aromatic rings. The lowest BCUT2D eigenvalue weighted by Gasteiger charge is -2.19. The van der Waals surface area contributed by atoms with E-state index in [4.69, 9.17) is 5.26 Å². The summed E-state index contributed by atoms with van der Waals surface area (Å²) in [5.41, 5.74) is 0.194. The maximum absolute atomic E-state index is 8.50. The van der Waals surface area contributed by atoms with Crippen LogP contribution < -0.4 is 10.6 Å². The molecule has 0 aliphatic carbocycles. The third-order valence-electron chi connectivity index (χ3n) is 1.99. The number of anilines is 2. The average molecular weight is 233 g/mol. The molecule has 5 nitrogen and oxygen atoms in total. The van der Waals surface area contributed by atoms with Gasteiger partial charge in [-0.2, -0.15) is 5.26 Å². The SMILES string of the molecule is Cc1nc(NCC#N)cc(NCC(C)(C)C)n1. The Hall–Kier alpha value is -1.83. The van der Waals surface area contributed by atoms with Gasteiger partial charge in [0.25, 0.3) is 0 Å².